The van der Waals surface area contributed by atoms with Crippen LogP contribution in [0, 0.1) is 10.1 Å². The van der Waals surface area contributed by atoms with Gasteiger partial charge in [-0.25, -0.2) is 0 Å². The van der Waals surface area contributed by atoms with Crippen molar-refractivity contribution in [2.24, 2.45) is 7.05 Å². The molecule has 0 saturated heterocycles. The molecule has 0 bridgehead atoms. The number of carbonyl (C=O) groups is 1. The molecule has 9 nitrogen and oxygen atoms in total. The molecule has 1 N–H and O–H groups in total. The maximum Gasteiger partial charge on any atom is 0.284 e. The second-order valence-corrected chi connectivity index (χ2v) is 8.16. The van der Waals surface area contributed by atoms with Crippen molar-refractivity contribution in [2.45, 2.75) is 36.9 Å². The fourth-order valence-electron chi connectivity index (χ4n) is 3.14. The van der Waals surface area contributed by atoms with Crippen LogP contribution in [0.1, 0.15) is 31.1 Å². The number of anilines is 2. The van der Waals surface area contributed by atoms with E-state index >= 15 is 0 Å². The van der Waals surface area contributed by atoms with Crippen LogP contribution in [0.2, 0.25) is 0 Å². The first-order chi connectivity index (χ1) is 14.8. The lowest BCUT2D eigenvalue weighted by Gasteiger charge is -2.27. The third-order valence-corrected chi connectivity index (χ3v) is 5.83. The number of nitrogens with zero attached hydrogens (tertiary/aromatic N) is 5. The average molecular weight is 441 g/mol. The molecule has 31 heavy (non-hydrogen) atoms. The predicted molar refractivity (Wildman–Crippen MR) is 121 cm³/mol. The molecule has 0 unspecified atom stereocenters. The van der Waals surface area contributed by atoms with Crippen LogP contribution in [0.4, 0.5) is 17.1 Å². The lowest BCUT2D eigenvalue weighted by molar-refractivity contribution is -0.387. The lowest BCUT2D eigenvalue weighted by atomic mass is 10.1. The maximum atomic E-state index is 12.7. The summed E-state index contributed by atoms with van der Waals surface area (Å²) < 4.78 is 1.66. The quantitative estimate of drug-likeness (QED) is 0.410. The minimum atomic E-state index is -0.504. The fraction of sp³-hybridized carbons (Fsp3) is 0.286. The number of rotatable bonds is 8. The number of nitrogens with one attached hydrogen (secondary N) is 1. The number of nitro groups is 1. The third kappa shape index (κ3) is 5.21. The van der Waals surface area contributed by atoms with E-state index in [1.165, 1.54) is 12.4 Å². The standard InChI is InChI=1S/C21H24N6O3S/c1-5-26(14(2)3)17-9-7-16(8-10-17)23-20(28)15-6-11-19(18(12-15)27(29)30)31-21-24-22-13-25(21)4/h6-14H,5H2,1-4H3,(H,23,28). The van der Waals surface area contributed by atoms with Crippen molar-refractivity contribution in [3.05, 3.63) is 64.5 Å². The Labute approximate surface area is 184 Å². The van der Waals surface area contributed by atoms with Gasteiger partial charge in [0.05, 0.1) is 9.82 Å². The van der Waals surface area contributed by atoms with E-state index in [9.17, 15) is 14.9 Å². The van der Waals surface area contributed by atoms with Crippen LogP contribution in [0.15, 0.2) is 58.8 Å². The van der Waals surface area contributed by atoms with E-state index in [4.69, 9.17) is 0 Å². The van der Waals surface area contributed by atoms with Crippen molar-refractivity contribution in [3.8, 4) is 0 Å². The molecular weight excluding hydrogens is 416 g/mol. The minimum Gasteiger partial charge on any atom is -0.369 e. The SMILES string of the molecule is CCN(c1ccc(NC(=O)c2ccc(Sc3nncn3C)c([N+](=O)[O-])c2)cc1)C(C)C. The van der Waals surface area contributed by atoms with Gasteiger partial charge in [0.2, 0.25) is 0 Å². The van der Waals surface area contributed by atoms with Gasteiger partial charge in [-0.15, -0.1) is 10.2 Å². The molecule has 0 atom stereocenters. The first kappa shape index (κ1) is 22.3. The summed E-state index contributed by atoms with van der Waals surface area (Å²) in [6.07, 6.45) is 1.52. The number of benzene rings is 2. The molecule has 1 heterocycles. The molecule has 0 radical (unpaired) electrons. The summed E-state index contributed by atoms with van der Waals surface area (Å²) >= 11 is 1.12. The fourth-order valence-corrected chi connectivity index (χ4v) is 3.99. The Morgan fingerprint density at radius 1 is 1.26 bits per heavy atom. The van der Waals surface area contributed by atoms with Crippen LogP contribution in [-0.4, -0.2) is 38.2 Å². The Balaban J connectivity index is 1.78. The van der Waals surface area contributed by atoms with Gasteiger partial charge >= 0.3 is 0 Å². The summed E-state index contributed by atoms with van der Waals surface area (Å²) in [4.78, 5) is 26.4. The average Bonchev–Trinajstić information content (AvgIpc) is 3.14. The highest BCUT2D eigenvalue weighted by Crippen LogP contribution is 2.34. The molecule has 0 aliphatic rings. The molecule has 162 valence electrons. The van der Waals surface area contributed by atoms with E-state index in [0.717, 1.165) is 24.0 Å². The van der Waals surface area contributed by atoms with Crippen LogP contribution >= 0.6 is 11.8 Å². The second-order valence-electron chi connectivity index (χ2n) is 7.15. The number of amides is 1. The zero-order chi connectivity index (χ0) is 22.5. The molecule has 10 heteroatoms. The van der Waals surface area contributed by atoms with Gasteiger partial charge in [-0.1, -0.05) is 0 Å². The highest BCUT2D eigenvalue weighted by molar-refractivity contribution is 7.99. The Morgan fingerprint density at radius 3 is 2.52 bits per heavy atom. The van der Waals surface area contributed by atoms with Crippen LogP contribution < -0.4 is 10.2 Å². The smallest absolute Gasteiger partial charge is 0.284 e. The van der Waals surface area contributed by atoms with Gasteiger partial charge in [0.25, 0.3) is 11.6 Å². The van der Waals surface area contributed by atoms with Crippen molar-refractivity contribution < 1.29 is 9.72 Å². The summed E-state index contributed by atoms with van der Waals surface area (Å²) in [5, 5.41) is 22.6. The zero-order valence-corrected chi connectivity index (χ0v) is 18.6. The van der Waals surface area contributed by atoms with E-state index in [-0.39, 0.29) is 11.3 Å². The monoisotopic (exact) mass is 440 g/mol. The molecule has 0 aliphatic carbocycles. The summed E-state index contributed by atoms with van der Waals surface area (Å²) in [5.74, 6) is -0.415. The van der Waals surface area contributed by atoms with Crippen LogP contribution in [0.25, 0.3) is 0 Å². The highest BCUT2D eigenvalue weighted by Gasteiger charge is 2.20. The summed E-state index contributed by atoms with van der Waals surface area (Å²) in [5.41, 5.74) is 1.73. The molecule has 1 aromatic heterocycles. The Morgan fingerprint density at radius 2 is 1.97 bits per heavy atom. The first-order valence-electron chi connectivity index (χ1n) is 9.78. The second kappa shape index (κ2) is 9.61. The summed E-state index contributed by atoms with van der Waals surface area (Å²) in [6, 6.07) is 12.3. The normalized spacial score (nSPS) is 10.9. The highest BCUT2D eigenvalue weighted by atomic mass is 32.2. The molecule has 0 fully saturated rings. The maximum absolute atomic E-state index is 12.7. The van der Waals surface area contributed by atoms with Crippen molar-refractivity contribution in [3.63, 3.8) is 0 Å². The van der Waals surface area contributed by atoms with E-state index in [1.54, 1.807) is 23.7 Å². The minimum absolute atomic E-state index is 0.161. The van der Waals surface area contributed by atoms with Gasteiger partial charge in [-0.3, -0.25) is 14.9 Å². The number of carbonyl (C=O) groups excluding carboxylic acids is 1. The number of aromatic nitrogens is 3. The molecular formula is C21H24N6O3S. The Bertz CT molecular complexity index is 1080. The lowest BCUT2D eigenvalue weighted by Crippen LogP contribution is -2.30. The van der Waals surface area contributed by atoms with Gasteiger partial charge in [0.1, 0.15) is 6.33 Å². The van der Waals surface area contributed by atoms with Crippen molar-refractivity contribution in [1.82, 2.24) is 14.8 Å². The van der Waals surface area contributed by atoms with Gasteiger partial charge in [-0.05, 0) is 68.9 Å². The van der Waals surface area contributed by atoms with Gasteiger partial charge in [0.15, 0.2) is 5.16 Å². The molecule has 0 spiro atoms. The van der Waals surface area contributed by atoms with Gasteiger partial charge < -0.3 is 14.8 Å². The van der Waals surface area contributed by atoms with Crippen LogP contribution in [0.5, 0.6) is 0 Å². The van der Waals surface area contributed by atoms with E-state index in [1.807, 2.05) is 24.3 Å². The van der Waals surface area contributed by atoms with E-state index in [2.05, 4.69) is 41.2 Å². The number of aryl methyl sites for hydroxylation is 1. The molecule has 0 saturated carbocycles. The number of hydrogen-bond donors (Lipinski definition) is 1. The molecule has 1 amide bonds. The topological polar surface area (TPSA) is 106 Å². The summed E-state index contributed by atoms with van der Waals surface area (Å²) in [7, 11) is 1.75. The zero-order valence-electron chi connectivity index (χ0n) is 17.8. The number of nitro benzene ring substituents is 1. The van der Waals surface area contributed by atoms with Gasteiger partial charge in [-0.2, -0.15) is 0 Å². The van der Waals surface area contributed by atoms with E-state index in [0.29, 0.717) is 21.8 Å². The van der Waals surface area contributed by atoms with Crippen molar-refractivity contribution in [2.75, 3.05) is 16.8 Å². The molecule has 3 rings (SSSR count). The number of hydrogen-bond acceptors (Lipinski definition) is 7. The Hall–Kier alpha value is -3.40. The molecule has 0 aliphatic heterocycles. The van der Waals surface area contributed by atoms with E-state index < -0.39 is 10.8 Å². The molecule has 3 aromatic rings. The van der Waals surface area contributed by atoms with Crippen molar-refractivity contribution in [1.29, 1.82) is 0 Å². The van der Waals surface area contributed by atoms with Crippen molar-refractivity contribution >= 4 is 34.7 Å². The van der Waals surface area contributed by atoms with Crippen LogP contribution in [0.3, 0.4) is 0 Å². The Kier molecular flexibility index (Phi) is 6.91. The third-order valence-electron chi connectivity index (χ3n) is 4.71. The van der Waals surface area contributed by atoms with Crippen LogP contribution in [-0.2, 0) is 7.05 Å². The van der Waals surface area contributed by atoms with Gasteiger partial charge in [0, 0.05) is 42.6 Å². The summed E-state index contributed by atoms with van der Waals surface area (Å²) in [6.45, 7) is 7.22. The largest absolute Gasteiger partial charge is 0.369 e. The molecule has 2 aromatic carbocycles. The predicted octanol–water partition coefficient (Wildman–Crippen LogP) is 4.36. The first-order valence-corrected chi connectivity index (χ1v) is 10.6.